The van der Waals surface area contributed by atoms with Crippen LogP contribution in [0.25, 0.3) is 0 Å². The third-order valence-electron chi connectivity index (χ3n) is 16.3. The van der Waals surface area contributed by atoms with Gasteiger partial charge in [0.25, 0.3) is 6.29 Å². The van der Waals surface area contributed by atoms with Crippen molar-refractivity contribution in [2.24, 2.45) is 0 Å². The molecule has 518 valence electrons. The van der Waals surface area contributed by atoms with Gasteiger partial charge in [-0.3, -0.25) is 9.59 Å². The van der Waals surface area contributed by atoms with Crippen LogP contribution < -0.4 is 0 Å². The highest BCUT2D eigenvalue weighted by atomic mass is 16.7. The quantitative estimate of drug-likeness (QED) is 0.0211. The van der Waals surface area contributed by atoms with E-state index in [-0.39, 0.29) is 32.2 Å². The third-order valence-corrected chi connectivity index (χ3v) is 16.3. The number of quaternary nitrogens is 1. The fourth-order valence-corrected chi connectivity index (χ4v) is 10.6. The Hall–Kier alpha value is -4.05. The Morgan fingerprint density at radius 3 is 0.944 bits per heavy atom. The minimum absolute atomic E-state index is 0.182. The van der Waals surface area contributed by atoms with Crippen molar-refractivity contribution in [3.05, 3.63) is 109 Å². The average molecular weight is 1260 g/mol. The predicted molar refractivity (Wildman–Crippen MR) is 387 cm³/mol. The minimum Gasteiger partial charge on any atom is -0.477 e. The maximum Gasteiger partial charge on any atom is 0.361 e. The van der Waals surface area contributed by atoms with Crippen molar-refractivity contribution in [3.8, 4) is 0 Å². The van der Waals surface area contributed by atoms with Crippen molar-refractivity contribution in [1.82, 2.24) is 0 Å². The van der Waals surface area contributed by atoms with E-state index in [0.717, 1.165) is 103 Å². The van der Waals surface area contributed by atoms with Gasteiger partial charge in [0, 0.05) is 12.8 Å². The normalized spacial score (nSPS) is 13.3. The number of unbranched alkanes of at least 4 members (excludes halogenated alkanes) is 36. The monoisotopic (exact) mass is 1260 g/mol. The Morgan fingerprint density at radius 1 is 0.344 bits per heavy atom. The number of allylic oxidation sites excluding steroid dienone is 18. The van der Waals surface area contributed by atoms with Crippen molar-refractivity contribution < 1.29 is 42.9 Å². The molecule has 0 spiro atoms. The molecule has 0 aromatic carbocycles. The van der Waals surface area contributed by atoms with Gasteiger partial charge in [0.15, 0.2) is 6.10 Å². The Bertz CT molecular complexity index is 1850. The van der Waals surface area contributed by atoms with Crippen LogP contribution in [0.3, 0.4) is 0 Å². The number of carboxylic acid groups (broad SMARTS) is 1. The molecule has 0 amide bonds. The number of ether oxygens (including phenoxy) is 4. The largest absolute Gasteiger partial charge is 0.477 e. The van der Waals surface area contributed by atoms with E-state index in [4.69, 9.17) is 18.9 Å². The van der Waals surface area contributed by atoms with Crippen LogP contribution >= 0.6 is 0 Å². The molecule has 9 nitrogen and oxygen atoms in total. The molecule has 2 atom stereocenters. The highest BCUT2D eigenvalue weighted by molar-refractivity contribution is 5.71. The minimum atomic E-state index is -1.52. The van der Waals surface area contributed by atoms with E-state index < -0.39 is 24.3 Å². The molecule has 0 aliphatic heterocycles. The second kappa shape index (κ2) is 70.8. The summed E-state index contributed by atoms with van der Waals surface area (Å²) >= 11 is 0. The predicted octanol–water partition coefficient (Wildman–Crippen LogP) is 23.8. The Labute approximate surface area is 555 Å². The van der Waals surface area contributed by atoms with Crippen molar-refractivity contribution in [2.45, 2.75) is 341 Å². The van der Waals surface area contributed by atoms with Crippen molar-refractivity contribution in [1.29, 1.82) is 0 Å². The molecule has 0 fully saturated rings. The van der Waals surface area contributed by atoms with Crippen LogP contribution in [0.4, 0.5) is 0 Å². The molecule has 90 heavy (non-hydrogen) atoms. The second-order valence-corrected chi connectivity index (χ2v) is 26.2. The van der Waals surface area contributed by atoms with Crippen LogP contribution in [-0.4, -0.2) is 87.4 Å². The fourth-order valence-electron chi connectivity index (χ4n) is 10.6. The van der Waals surface area contributed by atoms with E-state index in [1.54, 1.807) is 0 Å². The summed E-state index contributed by atoms with van der Waals surface area (Å²) in [5.41, 5.74) is 0. The maximum atomic E-state index is 13.0. The molecule has 1 N–H and O–H groups in total. The number of rotatable bonds is 69. The summed E-state index contributed by atoms with van der Waals surface area (Å²) in [4.78, 5) is 37.7. The summed E-state index contributed by atoms with van der Waals surface area (Å²) < 4.78 is 23.0. The van der Waals surface area contributed by atoms with Gasteiger partial charge < -0.3 is 28.5 Å². The summed E-state index contributed by atoms with van der Waals surface area (Å²) in [5.74, 6) is -2.01. The summed E-state index contributed by atoms with van der Waals surface area (Å²) in [6.45, 7) is 4.79. The summed E-state index contributed by atoms with van der Waals surface area (Å²) in [6, 6.07) is 0. The number of aliphatic carboxylic acids is 1. The van der Waals surface area contributed by atoms with E-state index >= 15 is 0 Å². The smallest absolute Gasteiger partial charge is 0.361 e. The number of carbonyl (C=O) groups excluding carboxylic acids is 2. The molecule has 0 radical (unpaired) electrons. The first-order valence-corrected chi connectivity index (χ1v) is 37.6. The van der Waals surface area contributed by atoms with Crippen LogP contribution in [-0.2, 0) is 33.3 Å². The van der Waals surface area contributed by atoms with Crippen LogP contribution in [0.15, 0.2) is 109 Å². The number of nitrogens with zero attached hydrogens (tertiary/aromatic N) is 1. The average Bonchev–Trinajstić information content (AvgIpc) is 3.73. The van der Waals surface area contributed by atoms with Crippen molar-refractivity contribution >= 4 is 17.9 Å². The fraction of sp³-hybridized carbons (Fsp3) is 0.741. The Kier molecular flexibility index (Phi) is 67.6. The lowest BCUT2D eigenvalue weighted by Crippen LogP contribution is -2.40. The van der Waals surface area contributed by atoms with E-state index in [2.05, 4.69) is 123 Å². The van der Waals surface area contributed by atoms with Gasteiger partial charge in [-0.05, 0) is 83.5 Å². The summed E-state index contributed by atoms with van der Waals surface area (Å²) in [7, 11) is 5.98. The number of carboxylic acids is 1. The molecule has 0 aromatic rings. The number of carbonyl (C=O) groups is 3. The molecule has 0 aromatic heterocycles. The molecule has 0 aliphatic rings. The highest BCUT2D eigenvalue weighted by Gasteiger charge is 2.25. The number of hydrogen-bond acceptors (Lipinski definition) is 7. The maximum absolute atomic E-state index is 13.0. The number of hydrogen-bond donors (Lipinski definition) is 1. The lowest BCUT2D eigenvalue weighted by Gasteiger charge is -2.25. The molecule has 0 heterocycles. The van der Waals surface area contributed by atoms with Crippen LogP contribution in [0.2, 0.25) is 0 Å². The first kappa shape index (κ1) is 85.9. The molecular formula is C81H142NO8+. The molecular weight excluding hydrogens is 1110 g/mol. The van der Waals surface area contributed by atoms with E-state index in [1.807, 2.05) is 21.1 Å². The SMILES string of the molecule is CC/C=C\C/C=C\C/C=C\C/C=C\C/C=C\C/C=C\C/C=C\C/C=C\C/C=C\CCCCCCCCCC(=O)OC(COC(=O)CCCCCCCCCCCCCCCCCCCCCCCCCCCCCCCC)COC(OCC[N+](C)(C)C)C(=O)O. The Morgan fingerprint density at radius 2 is 0.633 bits per heavy atom. The van der Waals surface area contributed by atoms with Gasteiger partial charge in [0.1, 0.15) is 13.2 Å². The van der Waals surface area contributed by atoms with Crippen LogP contribution in [0.1, 0.15) is 328 Å². The molecule has 0 bridgehead atoms. The summed E-state index contributed by atoms with van der Waals surface area (Å²) in [5, 5.41) is 9.76. The zero-order valence-electron chi connectivity index (χ0n) is 59.3. The highest BCUT2D eigenvalue weighted by Crippen LogP contribution is 2.18. The first-order chi connectivity index (χ1) is 44.1. The second-order valence-electron chi connectivity index (χ2n) is 26.2. The van der Waals surface area contributed by atoms with Gasteiger partial charge in [0.05, 0.1) is 34.4 Å². The van der Waals surface area contributed by atoms with E-state index in [1.165, 1.54) is 193 Å². The molecule has 0 saturated heterocycles. The zero-order chi connectivity index (χ0) is 65.4. The lowest BCUT2D eigenvalue weighted by atomic mass is 10.0. The number of likely N-dealkylation sites (N-methyl/N-ethyl adjacent to an activating group) is 1. The van der Waals surface area contributed by atoms with Gasteiger partial charge in [-0.25, -0.2) is 4.79 Å². The van der Waals surface area contributed by atoms with Gasteiger partial charge in [-0.1, -0.05) is 342 Å². The van der Waals surface area contributed by atoms with E-state index in [9.17, 15) is 19.5 Å². The topological polar surface area (TPSA) is 108 Å². The van der Waals surface area contributed by atoms with Crippen LogP contribution in [0.5, 0.6) is 0 Å². The molecule has 0 saturated carbocycles. The van der Waals surface area contributed by atoms with Gasteiger partial charge in [-0.2, -0.15) is 0 Å². The third kappa shape index (κ3) is 71.4. The molecule has 9 heteroatoms. The van der Waals surface area contributed by atoms with Gasteiger partial charge in [-0.15, -0.1) is 0 Å². The van der Waals surface area contributed by atoms with Gasteiger partial charge >= 0.3 is 17.9 Å². The van der Waals surface area contributed by atoms with Crippen LogP contribution in [0, 0.1) is 0 Å². The van der Waals surface area contributed by atoms with Crippen molar-refractivity contribution in [2.75, 3.05) is 47.5 Å². The van der Waals surface area contributed by atoms with E-state index in [0.29, 0.717) is 23.9 Å². The Balaban J connectivity index is 4.13. The zero-order valence-corrected chi connectivity index (χ0v) is 59.3. The van der Waals surface area contributed by atoms with Crippen molar-refractivity contribution in [3.63, 3.8) is 0 Å². The first-order valence-electron chi connectivity index (χ1n) is 37.6. The summed E-state index contributed by atoms with van der Waals surface area (Å²) in [6.07, 6.45) is 96.5. The molecule has 0 rings (SSSR count). The number of esters is 2. The van der Waals surface area contributed by atoms with Gasteiger partial charge in [0.2, 0.25) is 0 Å². The lowest BCUT2D eigenvalue weighted by molar-refractivity contribution is -0.870. The molecule has 0 aliphatic carbocycles. The standard InChI is InChI=1S/C81H141NO8/c1-6-8-10-12-14-16-18-20-22-24-26-28-30-32-34-36-38-39-40-41-42-44-46-48-50-52-54-56-58-60-62-64-66-68-70-72-79(84)90-77(76-89-81(80(85)86)87-74-73-82(3,4)5)75-88-78(83)71-69-67-65-63-61-59-57-55-53-51-49-47-45-43-37-35-33-31-29-27-25-23-21-19-17-15-13-11-9-7-2/h8,10,14,16,20,22,26,28,32,34,38-39,41-42,46,48,52,54,77,81H,6-7,9,11-13,15,17-19,21,23-25,27,29-31,33,35-37,40,43-45,47,49-51,53,55-76H2,1-5H3/p+1/b10-8-,16-14-,22-20-,28-26-,34-32-,39-38-,42-41-,48-46-,54-52-. The molecule has 2 unspecified atom stereocenters.